The predicted molar refractivity (Wildman–Crippen MR) is 83.6 cm³/mol. The summed E-state index contributed by atoms with van der Waals surface area (Å²) in [6.07, 6.45) is 6.69. The molecule has 1 unspecified atom stereocenters. The van der Waals surface area contributed by atoms with Gasteiger partial charge in [-0.1, -0.05) is 6.07 Å². The van der Waals surface area contributed by atoms with E-state index in [-0.39, 0.29) is 18.7 Å². The summed E-state index contributed by atoms with van der Waals surface area (Å²) in [5, 5.41) is 12.3. The average Bonchev–Trinajstić information content (AvgIpc) is 2.97. The van der Waals surface area contributed by atoms with Crippen molar-refractivity contribution in [2.24, 2.45) is 0 Å². The summed E-state index contributed by atoms with van der Waals surface area (Å²) < 4.78 is 2.00. The largest absolute Gasteiger partial charge is 0.394 e. The van der Waals surface area contributed by atoms with Gasteiger partial charge in [0.1, 0.15) is 5.65 Å². The molecule has 2 aromatic heterocycles. The number of amides is 2. The Kier molecular flexibility index (Phi) is 4.29. The molecule has 0 spiro atoms. The third-order valence-electron chi connectivity index (χ3n) is 4.33. The van der Waals surface area contributed by atoms with Crippen molar-refractivity contribution in [3.63, 3.8) is 0 Å². The molecule has 0 radical (unpaired) electrons. The molecule has 2 N–H and O–H groups in total. The number of hydrogen-bond acceptors (Lipinski definition) is 3. The summed E-state index contributed by atoms with van der Waals surface area (Å²) in [5.74, 6) is 0. The number of nitrogens with zero attached hydrogens (tertiary/aromatic N) is 3. The first-order valence-electron chi connectivity index (χ1n) is 7.77. The molecule has 2 amide bonds. The minimum absolute atomic E-state index is 0.0300. The van der Waals surface area contributed by atoms with Crippen LogP contribution in [0.4, 0.5) is 4.79 Å². The maximum Gasteiger partial charge on any atom is 0.318 e. The number of aliphatic hydroxyl groups is 1. The van der Waals surface area contributed by atoms with Crippen molar-refractivity contribution in [2.45, 2.75) is 38.8 Å². The van der Waals surface area contributed by atoms with Crippen LogP contribution in [-0.4, -0.2) is 44.6 Å². The fourth-order valence-electron chi connectivity index (χ4n) is 3.06. The predicted octanol–water partition coefficient (Wildman–Crippen LogP) is 1.70. The molecule has 22 heavy (non-hydrogen) atoms. The van der Waals surface area contributed by atoms with Crippen molar-refractivity contribution in [2.75, 3.05) is 13.2 Å². The van der Waals surface area contributed by atoms with Gasteiger partial charge in [-0.3, -0.25) is 0 Å². The van der Waals surface area contributed by atoms with E-state index in [0.29, 0.717) is 13.1 Å². The number of piperidine rings is 1. The number of nitrogens with one attached hydrogen (secondary N) is 1. The number of pyridine rings is 1. The lowest BCUT2D eigenvalue weighted by Gasteiger charge is -2.34. The highest BCUT2D eigenvalue weighted by Crippen LogP contribution is 2.17. The van der Waals surface area contributed by atoms with Crippen molar-refractivity contribution in [1.82, 2.24) is 19.6 Å². The molecule has 118 valence electrons. The van der Waals surface area contributed by atoms with Crippen LogP contribution in [0.25, 0.3) is 5.65 Å². The van der Waals surface area contributed by atoms with Gasteiger partial charge in [-0.2, -0.15) is 0 Å². The third-order valence-corrected chi connectivity index (χ3v) is 4.33. The first kappa shape index (κ1) is 14.8. The molecule has 1 fully saturated rings. The van der Waals surface area contributed by atoms with E-state index in [1.165, 1.54) is 0 Å². The summed E-state index contributed by atoms with van der Waals surface area (Å²) in [6, 6.07) is 3.82. The summed E-state index contributed by atoms with van der Waals surface area (Å²) >= 11 is 0. The Morgan fingerprint density at radius 3 is 3.18 bits per heavy atom. The number of aromatic nitrogens is 2. The molecule has 0 aromatic carbocycles. The third kappa shape index (κ3) is 2.78. The number of hydrogen-bond donors (Lipinski definition) is 2. The van der Waals surface area contributed by atoms with E-state index in [4.69, 9.17) is 0 Å². The van der Waals surface area contributed by atoms with Crippen LogP contribution in [0, 0.1) is 6.92 Å². The standard InChI is InChI=1S/C16H22N4O2/c1-12-5-4-8-19-14(9-17-15(12)19)10-18-16(22)20-7-3-2-6-13(20)11-21/h4-5,8-9,13,21H,2-3,6-7,10-11H2,1H3,(H,18,22). The van der Waals surface area contributed by atoms with Gasteiger partial charge in [0.05, 0.1) is 31.1 Å². The van der Waals surface area contributed by atoms with Crippen LogP contribution in [-0.2, 0) is 6.54 Å². The average molecular weight is 302 g/mol. The van der Waals surface area contributed by atoms with Gasteiger partial charge < -0.3 is 19.7 Å². The second-order valence-electron chi connectivity index (χ2n) is 5.82. The number of aryl methyl sites for hydroxylation is 1. The van der Waals surface area contributed by atoms with Crippen LogP contribution in [0.15, 0.2) is 24.5 Å². The van der Waals surface area contributed by atoms with E-state index in [1.54, 1.807) is 11.1 Å². The summed E-state index contributed by atoms with van der Waals surface area (Å²) in [6.45, 7) is 3.19. The van der Waals surface area contributed by atoms with Crippen LogP contribution in [0.2, 0.25) is 0 Å². The molecule has 1 saturated heterocycles. The lowest BCUT2D eigenvalue weighted by atomic mass is 10.0. The number of likely N-dealkylation sites (tertiary alicyclic amines) is 1. The Labute approximate surface area is 129 Å². The van der Waals surface area contributed by atoms with E-state index in [1.807, 2.05) is 29.7 Å². The Morgan fingerprint density at radius 2 is 2.36 bits per heavy atom. The smallest absolute Gasteiger partial charge is 0.318 e. The number of carbonyl (C=O) groups excluding carboxylic acids is 1. The van der Waals surface area contributed by atoms with Crippen molar-refractivity contribution in [1.29, 1.82) is 0 Å². The van der Waals surface area contributed by atoms with Gasteiger partial charge >= 0.3 is 6.03 Å². The second kappa shape index (κ2) is 6.36. The van der Waals surface area contributed by atoms with E-state index in [9.17, 15) is 9.90 Å². The normalized spacial score (nSPS) is 18.6. The Hall–Kier alpha value is -2.08. The molecule has 0 bridgehead atoms. The molecular weight excluding hydrogens is 280 g/mol. The second-order valence-corrected chi connectivity index (χ2v) is 5.82. The van der Waals surface area contributed by atoms with Gasteiger partial charge in [0, 0.05) is 12.7 Å². The maximum atomic E-state index is 12.3. The first-order valence-corrected chi connectivity index (χ1v) is 7.77. The quantitative estimate of drug-likeness (QED) is 0.906. The monoisotopic (exact) mass is 302 g/mol. The summed E-state index contributed by atoms with van der Waals surface area (Å²) in [7, 11) is 0. The van der Waals surface area contributed by atoms with Gasteiger partial charge in [-0.25, -0.2) is 9.78 Å². The number of imidazole rings is 1. The number of carbonyl (C=O) groups is 1. The van der Waals surface area contributed by atoms with Gasteiger partial charge in [-0.15, -0.1) is 0 Å². The van der Waals surface area contributed by atoms with Crippen molar-refractivity contribution in [3.05, 3.63) is 35.8 Å². The molecule has 0 aliphatic carbocycles. The zero-order valence-electron chi connectivity index (χ0n) is 12.8. The molecule has 1 aliphatic rings. The van der Waals surface area contributed by atoms with Crippen LogP contribution >= 0.6 is 0 Å². The molecular formula is C16H22N4O2. The van der Waals surface area contributed by atoms with Crippen LogP contribution in [0.3, 0.4) is 0 Å². The number of urea groups is 1. The minimum Gasteiger partial charge on any atom is -0.394 e. The fraction of sp³-hybridized carbons (Fsp3) is 0.500. The molecule has 3 rings (SSSR count). The Morgan fingerprint density at radius 1 is 1.50 bits per heavy atom. The number of rotatable bonds is 3. The van der Waals surface area contributed by atoms with Gasteiger partial charge in [-0.05, 0) is 37.8 Å². The molecule has 1 aliphatic heterocycles. The van der Waals surface area contributed by atoms with Gasteiger partial charge in [0.2, 0.25) is 0 Å². The number of aliphatic hydroxyl groups excluding tert-OH is 1. The molecule has 1 atom stereocenters. The summed E-state index contributed by atoms with van der Waals surface area (Å²) in [4.78, 5) is 18.5. The van der Waals surface area contributed by atoms with Gasteiger partial charge in [0.25, 0.3) is 0 Å². The van der Waals surface area contributed by atoms with E-state index in [0.717, 1.165) is 36.2 Å². The highest BCUT2D eigenvalue weighted by atomic mass is 16.3. The molecule has 2 aromatic rings. The van der Waals surface area contributed by atoms with E-state index >= 15 is 0 Å². The fourth-order valence-corrected chi connectivity index (χ4v) is 3.06. The van der Waals surface area contributed by atoms with Crippen LogP contribution < -0.4 is 5.32 Å². The van der Waals surface area contributed by atoms with Crippen molar-refractivity contribution < 1.29 is 9.90 Å². The Balaban J connectivity index is 1.68. The molecule has 6 heteroatoms. The first-order chi connectivity index (χ1) is 10.7. The maximum absolute atomic E-state index is 12.3. The minimum atomic E-state index is -0.110. The highest BCUT2D eigenvalue weighted by molar-refractivity contribution is 5.74. The van der Waals surface area contributed by atoms with Crippen LogP contribution in [0.1, 0.15) is 30.5 Å². The molecule has 6 nitrogen and oxygen atoms in total. The van der Waals surface area contributed by atoms with Crippen molar-refractivity contribution in [3.8, 4) is 0 Å². The zero-order valence-corrected chi connectivity index (χ0v) is 12.8. The Bertz CT molecular complexity index is 667. The SMILES string of the molecule is Cc1cccn2c(CNC(=O)N3CCCCC3CO)cnc12. The van der Waals surface area contributed by atoms with Crippen molar-refractivity contribution >= 4 is 11.7 Å². The lowest BCUT2D eigenvalue weighted by Crippen LogP contribution is -2.49. The van der Waals surface area contributed by atoms with E-state index < -0.39 is 0 Å². The number of fused-ring (bicyclic) bond motifs is 1. The van der Waals surface area contributed by atoms with Gasteiger partial charge in [0.15, 0.2) is 0 Å². The zero-order chi connectivity index (χ0) is 15.5. The molecule has 0 saturated carbocycles. The van der Waals surface area contributed by atoms with Crippen LogP contribution in [0.5, 0.6) is 0 Å². The highest BCUT2D eigenvalue weighted by Gasteiger charge is 2.25. The molecule has 3 heterocycles. The lowest BCUT2D eigenvalue weighted by molar-refractivity contribution is 0.108. The topological polar surface area (TPSA) is 69.9 Å². The van der Waals surface area contributed by atoms with E-state index in [2.05, 4.69) is 10.3 Å². The summed E-state index contributed by atoms with van der Waals surface area (Å²) in [5.41, 5.74) is 2.97.